The van der Waals surface area contributed by atoms with Crippen molar-refractivity contribution in [2.75, 3.05) is 11.9 Å². The first-order valence-electron chi connectivity index (χ1n) is 11.3. The zero-order chi connectivity index (χ0) is 23.0. The highest BCUT2D eigenvalue weighted by molar-refractivity contribution is 9.10. The van der Waals surface area contributed by atoms with Gasteiger partial charge in [-0.1, -0.05) is 67.8 Å². The van der Waals surface area contributed by atoms with Crippen molar-refractivity contribution in [3.05, 3.63) is 82.8 Å². The number of para-hydroxylation sites is 1. The van der Waals surface area contributed by atoms with Crippen LogP contribution in [0.1, 0.15) is 42.5 Å². The average molecular weight is 507 g/mol. The van der Waals surface area contributed by atoms with Crippen molar-refractivity contribution < 1.29 is 14.3 Å². The van der Waals surface area contributed by atoms with Crippen LogP contribution in [0.15, 0.2) is 77.3 Å². The van der Waals surface area contributed by atoms with Gasteiger partial charge in [-0.25, -0.2) is 0 Å². The van der Waals surface area contributed by atoms with Crippen molar-refractivity contribution in [1.29, 1.82) is 0 Å². The van der Waals surface area contributed by atoms with Crippen LogP contribution in [0.25, 0.3) is 11.1 Å². The Morgan fingerprint density at radius 3 is 2.36 bits per heavy atom. The number of amides is 2. The van der Waals surface area contributed by atoms with E-state index in [-0.39, 0.29) is 24.5 Å². The van der Waals surface area contributed by atoms with Gasteiger partial charge in [0.15, 0.2) is 6.61 Å². The van der Waals surface area contributed by atoms with Crippen LogP contribution in [-0.4, -0.2) is 24.5 Å². The van der Waals surface area contributed by atoms with Crippen LogP contribution in [0.2, 0.25) is 0 Å². The molecule has 170 valence electrons. The van der Waals surface area contributed by atoms with Gasteiger partial charge in [-0.15, -0.1) is 0 Å². The van der Waals surface area contributed by atoms with Gasteiger partial charge in [0, 0.05) is 6.04 Å². The summed E-state index contributed by atoms with van der Waals surface area (Å²) in [6.07, 6.45) is 5.52. The fourth-order valence-electron chi connectivity index (χ4n) is 4.06. The number of benzene rings is 3. The molecule has 3 aromatic carbocycles. The molecule has 4 rings (SSSR count). The Morgan fingerprint density at radius 2 is 1.61 bits per heavy atom. The largest absolute Gasteiger partial charge is 0.483 e. The number of nitrogens with one attached hydrogen (secondary N) is 2. The smallest absolute Gasteiger partial charge is 0.262 e. The fourth-order valence-corrected chi connectivity index (χ4v) is 4.55. The van der Waals surface area contributed by atoms with Crippen LogP contribution in [0.3, 0.4) is 0 Å². The number of rotatable bonds is 7. The second-order valence-electron chi connectivity index (χ2n) is 8.20. The lowest BCUT2D eigenvalue weighted by molar-refractivity contribution is -0.118. The summed E-state index contributed by atoms with van der Waals surface area (Å²) in [6, 6.07) is 23.1. The van der Waals surface area contributed by atoms with Crippen molar-refractivity contribution in [1.82, 2.24) is 5.32 Å². The summed E-state index contributed by atoms with van der Waals surface area (Å²) in [4.78, 5) is 25.4. The summed E-state index contributed by atoms with van der Waals surface area (Å²) in [5.41, 5.74) is 3.10. The lowest BCUT2D eigenvalue weighted by atomic mass is 9.95. The maximum atomic E-state index is 12.8. The number of anilines is 1. The molecule has 0 bridgehead atoms. The van der Waals surface area contributed by atoms with Gasteiger partial charge in [0.2, 0.25) is 0 Å². The van der Waals surface area contributed by atoms with Crippen molar-refractivity contribution in [2.45, 2.75) is 38.1 Å². The van der Waals surface area contributed by atoms with Gasteiger partial charge in [-0.3, -0.25) is 9.59 Å². The van der Waals surface area contributed by atoms with E-state index in [1.54, 1.807) is 24.3 Å². The molecule has 1 fully saturated rings. The zero-order valence-corrected chi connectivity index (χ0v) is 19.9. The van der Waals surface area contributed by atoms with Crippen LogP contribution in [0.5, 0.6) is 5.75 Å². The van der Waals surface area contributed by atoms with Crippen LogP contribution >= 0.6 is 15.9 Å². The number of halogens is 1. The molecule has 33 heavy (non-hydrogen) atoms. The van der Waals surface area contributed by atoms with Crippen molar-refractivity contribution >= 4 is 33.4 Å². The fraction of sp³-hybridized carbons (Fsp3) is 0.259. The quantitative estimate of drug-likeness (QED) is 0.401. The molecule has 3 aromatic rings. The zero-order valence-electron chi connectivity index (χ0n) is 18.4. The lowest BCUT2D eigenvalue weighted by Gasteiger charge is -2.23. The molecular weight excluding hydrogens is 480 g/mol. The molecule has 0 spiro atoms. The van der Waals surface area contributed by atoms with Gasteiger partial charge >= 0.3 is 0 Å². The normalized spacial score (nSPS) is 13.8. The van der Waals surface area contributed by atoms with Crippen LogP contribution < -0.4 is 15.4 Å². The topological polar surface area (TPSA) is 67.4 Å². The minimum absolute atomic E-state index is 0.155. The van der Waals surface area contributed by atoms with Crippen LogP contribution in [-0.2, 0) is 4.79 Å². The highest BCUT2D eigenvalue weighted by atomic mass is 79.9. The van der Waals surface area contributed by atoms with Crippen LogP contribution in [0, 0.1) is 0 Å². The van der Waals surface area contributed by atoms with E-state index in [2.05, 4.69) is 26.6 Å². The van der Waals surface area contributed by atoms with E-state index in [9.17, 15) is 9.59 Å². The van der Waals surface area contributed by atoms with E-state index in [0.29, 0.717) is 17.0 Å². The maximum absolute atomic E-state index is 12.8. The van der Waals surface area contributed by atoms with E-state index in [1.165, 1.54) is 6.42 Å². The minimum Gasteiger partial charge on any atom is -0.483 e. The van der Waals surface area contributed by atoms with Crippen molar-refractivity contribution in [3.8, 4) is 16.9 Å². The standard InChI is InChI=1S/C27H27BrN2O3/c28-23-17-20(19-9-3-1-4-10-19)15-16-25(23)33-18-26(31)30-24-14-8-7-13-22(24)27(32)29-21-11-5-2-6-12-21/h1,3-4,7-10,13-17,21H,2,5-6,11-12,18H2,(H,29,32)(H,30,31). The summed E-state index contributed by atoms with van der Waals surface area (Å²) in [5, 5.41) is 5.92. The second kappa shape index (κ2) is 11.1. The van der Waals surface area contributed by atoms with E-state index in [1.807, 2.05) is 48.5 Å². The highest BCUT2D eigenvalue weighted by Gasteiger charge is 2.19. The molecule has 0 unspecified atom stereocenters. The Hall–Kier alpha value is -3.12. The Bertz CT molecular complexity index is 1110. The van der Waals surface area contributed by atoms with Crippen molar-refractivity contribution in [2.24, 2.45) is 0 Å². The molecular formula is C27H27BrN2O3. The second-order valence-corrected chi connectivity index (χ2v) is 9.06. The molecule has 0 heterocycles. The number of hydrogen-bond donors (Lipinski definition) is 2. The summed E-state index contributed by atoms with van der Waals surface area (Å²) < 4.78 is 6.49. The molecule has 1 aliphatic carbocycles. The van der Waals surface area contributed by atoms with Crippen molar-refractivity contribution in [3.63, 3.8) is 0 Å². The predicted molar refractivity (Wildman–Crippen MR) is 134 cm³/mol. The van der Waals surface area contributed by atoms with Gasteiger partial charge < -0.3 is 15.4 Å². The summed E-state index contributed by atoms with van der Waals surface area (Å²) in [7, 11) is 0. The molecule has 2 amide bonds. The molecule has 0 aromatic heterocycles. The molecule has 1 aliphatic rings. The third-order valence-corrected chi connectivity index (χ3v) is 6.40. The third-order valence-electron chi connectivity index (χ3n) is 5.78. The first kappa shape index (κ1) is 23.1. The van der Waals surface area contributed by atoms with E-state index >= 15 is 0 Å². The lowest BCUT2D eigenvalue weighted by Crippen LogP contribution is -2.36. The first-order valence-corrected chi connectivity index (χ1v) is 12.1. The van der Waals surface area contributed by atoms with E-state index in [0.717, 1.165) is 41.3 Å². The highest BCUT2D eigenvalue weighted by Crippen LogP contribution is 2.30. The molecule has 6 heteroatoms. The summed E-state index contributed by atoms with van der Waals surface area (Å²) in [5.74, 6) is 0.0954. The predicted octanol–water partition coefficient (Wildman–Crippen LogP) is 6.20. The van der Waals surface area contributed by atoms with E-state index < -0.39 is 0 Å². The molecule has 1 saturated carbocycles. The number of carbonyl (C=O) groups is 2. The Labute approximate surface area is 202 Å². The summed E-state index contributed by atoms with van der Waals surface area (Å²) >= 11 is 3.53. The van der Waals surface area contributed by atoms with Gasteiger partial charge in [-0.05, 0) is 64.2 Å². The third kappa shape index (κ3) is 6.23. The first-order chi connectivity index (χ1) is 16.1. The van der Waals surface area contributed by atoms with Gasteiger partial charge in [-0.2, -0.15) is 0 Å². The molecule has 0 radical (unpaired) electrons. The minimum atomic E-state index is -0.327. The van der Waals surface area contributed by atoms with Crippen LogP contribution in [0.4, 0.5) is 5.69 Å². The van der Waals surface area contributed by atoms with Gasteiger partial charge in [0.1, 0.15) is 5.75 Å². The van der Waals surface area contributed by atoms with Gasteiger partial charge in [0.25, 0.3) is 11.8 Å². The molecule has 0 saturated heterocycles. The summed E-state index contributed by atoms with van der Waals surface area (Å²) in [6.45, 7) is -0.165. The maximum Gasteiger partial charge on any atom is 0.262 e. The number of hydrogen-bond acceptors (Lipinski definition) is 3. The monoisotopic (exact) mass is 506 g/mol. The Kier molecular flexibility index (Phi) is 7.79. The van der Waals surface area contributed by atoms with Gasteiger partial charge in [0.05, 0.1) is 15.7 Å². The van der Waals surface area contributed by atoms with E-state index in [4.69, 9.17) is 4.74 Å². The molecule has 5 nitrogen and oxygen atoms in total. The number of ether oxygens (including phenoxy) is 1. The Balaban J connectivity index is 1.36. The Morgan fingerprint density at radius 1 is 0.879 bits per heavy atom. The number of carbonyl (C=O) groups excluding carboxylic acids is 2. The molecule has 2 N–H and O–H groups in total. The molecule has 0 aliphatic heterocycles. The SMILES string of the molecule is O=C(COc1ccc(-c2ccccc2)cc1Br)Nc1ccccc1C(=O)NC1CCCCC1. The average Bonchev–Trinajstić information content (AvgIpc) is 2.85. The molecule has 0 atom stereocenters.